The van der Waals surface area contributed by atoms with E-state index in [1.165, 1.54) is 12.1 Å². The van der Waals surface area contributed by atoms with Crippen LogP contribution in [0.15, 0.2) is 28.9 Å². The van der Waals surface area contributed by atoms with E-state index < -0.39 is 23.2 Å². The maximum Gasteiger partial charge on any atom is 0.417 e. The van der Waals surface area contributed by atoms with Crippen LogP contribution in [0.1, 0.15) is 31.5 Å². The van der Waals surface area contributed by atoms with Gasteiger partial charge >= 0.3 is 6.18 Å². The highest BCUT2D eigenvalue weighted by Crippen LogP contribution is 2.31. The van der Waals surface area contributed by atoms with Crippen molar-refractivity contribution in [2.24, 2.45) is 0 Å². The van der Waals surface area contributed by atoms with Crippen molar-refractivity contribution in [3.8, 4) is 0 Å². The number of carbonyl (C=O) groups excluding carboxylic acids is 1. The van der Waals surface area contributed by atoms with Gasteiger partial charge in [-0.3, -0.25) is 10.1 Å². The van der Waals surface area contributed by atoms with Crippen LogP contribution in [0.4, 0.5) is 24.9 Å². The summed E-state index contributed by atoms with van der Waals surface area (Å²) >= 11 is 0. The molecule has 0 unspecified atom stereocenters. The first-order chi connectivity index (χ1) is 12.6. The number of alkyl halides is 3. The number of amides is 1. The Morgan fingerprint density at radius 1 is 1.41 bits per heavy atom. The first-order valence-electron chi connectivity index (χ1n) is 8.30. The SMILES string of the molecule is CC(C)(CO)c1cc(NC(=O)[C@@H]2CCN2c2ccc(C(F)(F)F)cn2)on1. The predicted octanol–water partition coefficient (Wildman–Crippen LogP) is 2.58. The number of rotatable bonds is 5. The standard InChI is InChI=1S/C17H19F3N4O3/c1-16(2,9-25)12-7-14(27-23-12)22-15(26)11-5-6-24(11)13-4-3-10(8-21-13)17(18,19)20/h3-4,7-8,11,25H,5-6,9H2,1-2H3,(H,22,26)/t11-/m0/s1. The Balaban J connectivity index is 1.66. The second-order valence-corrected chi connectivity index (χ2v) is 7.01. The predicted molar refractivity (Wildman–Crippen MR) is 90.2 cm³/mol. The Bertz CT molecular complexity index is 818. The molecule has 0 radical (unpaired) electrons. The van der Waals surface area contributed by atoms with Gasteiger partial charge in [-0.2, -0.15) is 13.2 Å². The van der Waals surface area contributed by atoms with Crippen molar-refractivity contribution < 1.29 is 27.6 Å². The molecule has 1 aliphatic rings. The van der Waals surface area contributed by atoms with Gasteiger partial charge in [-0.05, 0) is 18.6 Å². The molecule has 10 heteroatoms. The number of hydrogen-bond acceptors (Lipinski definition) is 6. The van der Waals surface area contributed by atoms with Crippen LogP contribution in [0.5, 0.6) is 0 Å². The zero-order valence-corrected chi connectivity index (χ0v) is 14.7. The summed E-state index contributed by atoms with van der Waals surface area (Å²) in [4.78, 5) is 17.9. The molecule has 3 heterocycles. The molecule has 1 amide bonds. The third-order valence-corrected chi connectivity index (χ3v) is 4.54. The highest BCUT2D eigenvalue weighted by atomic mass is 19.4. The van der Waals surface area contributed by atoms with Crippen molar-refractivity contribution in [3.63, 3.8) is 0 Å². The lowest BCUT2D eigenvalue weighted by atomic mass is 9.91. The molecule has 1 saturated heterocycles. The normalized spacial score (nSPS) is 17.6. The van der Waals surface area contributed by atoms with Crippen molar-refractivity contribution in [2.75, 3.05) is 23.4 Å². The van der Waals surface area contributed by atoms with E-state index in [0.717, 1.165) is 12.3 Å². The Morgan fingerprint density at radius 2 is 2.15 bits per heavy atom. The van der Waals surface area contributed by atoms with E-state index in [1.54, 1.807) is 18.7 Å². The summed E-state index contributed by atoms with van der Waals surface area (Å²) in [6, 6.07) is 3.16. The highest BCUT2D eigenvalue weighted by Gasteiger charge is 2.37. The average molecular weight is 384 g/mol. The number of aromatic nitrogens is 2. The molecule has 27 heavy (non-hydrogen) atoms. The zero-order valence-electron chi connectivity index (χ0n) is 14.7. The summed E-state index contributed by atoms with van der Waals surface area (Å²) in [7, 11) is 0. The van der Waals surface area contributed by atoms with Crippen LogP contribution in [0, 0.1) is 0 Å². The number of aliphatic hydroxyl groups is 1. The molecule has 146 valence electrons. The van der Waals surface area contributed by atoms with E-state index in [-0.39, 0.29) is 18.4 Å². The van der Waals surface area contributed by atoms with E-state index in [2.05, 4.69) is 15.5 Å². The maximum absolute atomic E-state index is 12.6. The Morgan fingerprint density at radius 3 is 2.67 bits per heavy atom. The Kier molecular flexibility index (Phi) is 4.85. The number of carbonyl (C=O) groups is 1. The third kappa shape index (κ3) is 3.90. The number of pyridine rings is 1. The van der Waals surface area contributed by atoms with Crippen LogP contribution in [0.25, 0.3) is 0 Å². The summed E-state index contributed by atoms with van der Waals surface area (Å²) in [5.74, 6) is 0.0743. The van der Waals surface area contributed by atoms with Gasteiger partial charge < -0.3 is 14.5 Å². The van der Waals surface area contributed by atoms with Gasteiger partial charge in [0.2, 0.25) is 11.8 Å². The van der Waals surface area contributed by atoms with Crippen LogP contribution in [0.3, 0.4) is 0 Å². The van der Waals surface area contributed by atoms with Crippen LogP contribution >= 0.6 is 0 Å². The number of hydrogen-bond donors (Lipinski definition) is 2. The monoisotopic (exact) mass is 384 g/mol. The van der Waals surface area contributed by atoms with Gasteiger partial charge in [0.05, 0.1) is 17.9 Å². The molecule has 0 saturated carbocycles. The molecule has 2 N–H and O–H groups in total. The Labute approximate surface area is 153 Å². The molecule has 7 nitrogen and oxygen atoms in total. The summed E-state index contributed by atoms with van der Waals surface area (Å²) in [5.41, 5.74) is -0.956. The molecule has 1 aliphatic heterocycles. The summed E-state index contributed by atoms with van der Waals surface area (Å²) in [6.07, 6.45) is -3.16. The fourth-order valence-electron chi connectivity index (χ4n) is 2.60. The molecule has 3 rings (SSSR count). The van der Waals surface area contributed by atoms with Crippen LogP contribution in [-0.2, 0) is 16.4 Å². The molecular weight excluding hydrogens is 365 g/mol. The minimum absolute atomic E-state index is 0.136. The number of aliphatic hydroxyl groups excluding tert-OH is 1. The van der Waals surface area contributed by atoms with Crippen LogP contribution < -0.4 is 10.2 Å². The van der Waals surface area contributed by atoms with Crippen molar-refractivity contribution >= 4 is 17.6 Å². The number of anilines is 2. The molecule has 2 aromatic rings. The van der Waals surface area contributed by atoms with Crippen LogP contribution in [-0.4, -0.2) is 40.3 Å². The minimum atomic E-state index is -4.45. The first kappa shape index (κ1) is 19.2. The maximum atomic E-state index is 12.6. The largest absolute Gasteiger partial charge is 0.417 e. The third-order valence-electron chi connectivity index (χ3n) is 4.54. The summed E-state index contributed by atoms with van der Waals surface area (Å²) < 4.78 is 43.0. The summed E-state index contributed by atoms with van der Waals surface area (Å²) in [5, 5.41) is 15.8. The lowest BCUT2D eigenvalue weighted by Gasteiger charge is -2.40. The number of halogens is 3. The minimum Gasteiger partial charge on any atom is -0.395 e. The van der Waals surface area contributed by atoms with E-state index in [9.17, 15) is 23.1 Å². The highest BCUT2D eigenvalue weighted by molar-refractivity contribution is 5.96. The van der Waals surface area contributed by atoms with Gasteiger partial charge in [0.15, 0.2) is 0 Å². The molecule has 1 fully saturated rings. The van der Waals surface area contributed by atoms with Crippen molar-refractivity contribution in [3.05, 3.63) is 35.7 Å². The topological polar surface area (TPSA) is 91.5 Å². The summed E-state index contributed by atoms with van der Waals surface area (Å²) in [6.45, 7) is 3.93. The molecule has 0 spiro atoms. The second kappa shape index (κ2) is 6.84. The van der Waals surface area contributed by atoms with Gasteiger partial charge in [0.25, 0.3) is 0 Å². The number of nitrogens with one attached hydrogen (secondary N) is 1. The molecular formula is C17H19F3N4O3. The van der Waals surface area contributed by atoms with E-state index in [4.69, 9.17) is 4.52 Å². The van der Waals surface area contributed by atoms with Gasteiger partial charge in [-0.1, -0.05) is 19.0 Å². The average Bonchev–Trinajstić information content (AvgIpc) is 3.02. The van der Waals surface area contributed by atoms with Crippen molar-refractivity contribution in [1.82, 2.24) is 10.1 Å². The fraction of sp³-hybridized carbons (Fsp3) is 0.471. The smallest absolute Gasteiger partial charge is 0.395 e. The van der Waals surface area contributed by atoms with Crippen molar-refractivity contribution in [2.45, 2.75) is 37.9 Å². The molecule has 0 aliphatic carbocycles. The molecule has 1 atom stereocenters. The van der Waals surface area contributed by atoms with Crippen molar-refractivity contribution in [1.29, 1.82) is 0 Å². The van der Waals surface area contributed by atoms with Gasteiger partial charge in [-0.25, -0.2) is 4.98 Å². The van der Waals surface area contributed by atoms with Crippen LogP contribution in [0.2, 0.25) is 0 Å². The fourth-order valence-corrected chi connectivity index (χ4v) is 2.60. The van der Waals surface area contributed by atoms with E-state index >= 15 is 0 Å². The quantitative estimate of drug-likeness (QED) is 0.823. The number of nitrogens with zero attached hydrogens (tertiary/aromatic N) is 3. The van der Waals surface area contributed by atoms with E-state index in [0.29, 0.717) is 24.5 Å². The molecule has 0 bridgehead atoms. The second-order valence-electron chi connectivity index (χ2n) is 7.01. The zero-order chi connectivity index (χ0) is 19.8. The Hall–Kier alpha value is -2.62. The molecule has 0 aromatic carbocycles. The van der Waals surface area contributed by atoms with E-state index in [1.807, 2.05) is 0 Å². The van der Waals surface area contributed by atoms with Gasteiger partial charge in [0.1, 0.15) is 11.9 Å². The first-order valence-corrected chi connectivity index (χ1v) is 8.30. The lowest BCUT2D eigenvalue weighted by molar-refractivity contribution is -0.137. The lowest BCUT2D eigenvalue weighted by Crippen LogP contribution is -2.54. The molecule has 2 aromatic heterocycles. The van der Waals surface area contributed by atoms with Gasteiger partial charge in [-0.15, -0.1) is 0 Å². The van der Waals surface area contributed by atoms with Gasteiger partial charge in [0, 0.05) is 24.2 Å².